The summed E-state index contributed by atoms with van der Waals surface area (Å²) in [6.07, 6.45) is 2.26. The van der Waals surface area contributed by atoms with Crippen molar-refractivity contribution in [3.05, 3.63) is 0 Å². The Hall–Kier alpha value is -0.860. The standard InChI is InChI=1S/C11H15NO2/c1-5-3-6-4-7(5)9-8(6)10(13)12(2)11(9)14/h5-9H,3-4H2,1-2H3/t5?,6?,7-,8+,9?/m0/s1. The first-order valence-electron chi connectivity index (χ1n) is 5.42. The number of nitrogens with zero attached hydrogens (tertiary/aromatic N) is 1. The molecule has 0 radical (unpaired) electrons. The average Bonchev–Trinajstić information content (AvgIpc) is 2.74. The molecule has 0 aromatic heterocycles. The Morgan fingerprint density at radius 3 is 2.50 bits per heavy atom. The van der Waals surface area contributed by atoms with Gasteiger partial charge in [-0.2, -0.15) is 0 Å². The largest absolute Gasteiger partial charge is 0.285 e. The number of amides is 2. The molecule has 14 heavy (non-hydrogen) atoms. The van der Waals surface area contributed by atoms with Crippen LogP contribution in [0.25, 0.3) is 0 Å². The van der Waals surface area contributed by atoms with Crippen molar-refractivity contribution in [1.82, 2.24) is 4.90 Å². The third-order valence-electron chi connectivity index (χ3n) is 4.57. The van der Waals surface area contributed by atoms with Crippen LogP contribution in [-0.4, -0.2) is 23.8 Å². The predicted octanol–water partition coefficient (Wildman–Crippen LogP) is 0.893. The van der Waals surface area contributed by atoms with Crippen molar-refractivity contribution in [3.8, 4) is 0 Å². The van der Waals surface area contributed by atoms with Gasteiger partial charge in [-0.1, -0.05) is 6.92 Å². The van der Waals surface area contributed by atoms with Gasteiger partial charge < -0.3 is 0 Å². The maximum Gasteiger partial charge on any atom is 0.233 e. The molecule has 2 saturated carbocycles. The SMILES string of the molecule is CC1CC2C[C@@H]1C1C(=O)N(C)C(=O)[C@H]21. The van der Waals surface area contributed by atoms with E-state index in [1.54, 1.807) is 7.05 Å². The van der Waals surface area contributed by atoms with Crippen LogP contribution >= 0.6 is 0 Å². The highest BCUT2D eigenvalue weighted by Gasteiger charge is 2.61. The van der Waals surface area contributed by atoms with Crippen molar-refractivity contribution in [2.24, 2.45) is 29.6 Å². The third kappa shape index (κ3) is 0.748. The van der Waals surface area contributed by atoms with E-state index in [0.717, 1.165) is 12.8 Å². The fourth-order valence-corrected chi connectivity index (χ4v) is 3.93. The van der Waals surface area contributed by atoms with Crippen LogP contribution in [0.4, 0.5) is 0 Å². The summed E-state index contributed by atoms with van der Waals surface area (Å²) in [7, 11) is 1.63. The van der Waals surface area contributed by atoms with E-state index in [4.69, 9.17) is 0 Å². The van der Waals surface area contributed by atoms with Gasteiger partial charge in [0.25, 0.3) is 0 Å². The molecule has 5 atom stereocenters. The quantitative estimate of drug-likeness (QED) is 0.536. The lowest BCUT2D eigenvalue weighted by Gasteiger charge is -2.25. The van der Waals surface area contributed by atoms with E-state index in [1.165, 1.54) is 4.90 Å². The van der Waals surface area contributed by atoms with E-state index in [1.807, 2.05) is 0 Å². The first kappa shape index (κ1) is 8.45. The van der Waals surface area contributed by atoms with E-state index >= 15 is 0 Å². The second-order valence-electron chi connectivity index (χ2n) is 5.16. The van der Waals surface area contributed by atoms with Gasteiger partial charge in [-0.3, -0.25) is 14.5 Å². The summed E-state index contributed by atoms with van der Waals surface area (Å²) in [5, 5.41) is 0. The Labute approximate surface area is 83.5 Å². The van der Waals surface area contributed by atoms with Crippen molar-refractivity contribution >= 4 is 11.8 Å². The van der Waals surface area contributed by atoms with Crippen LogP contribution in [0.15, 0.2) is 0 Å². The summed E-state index contributed by atoms with van der Waals surface area (Å²) in [5.74, 6) is 1.89. The summed E-state index contributed by atoms with van der Waals surface area (Å²) >= 11 is 0. The number of imide groups is 1. The topological polar surface area (TPSA) is 37.4 Å². The zero-order chi connectivity index (χ0) is 10.0. The van der Waals surface area contributed by atoms with Gasteiger partial charge in [0.05, 0.1) is 11.8 Å². The van der Waals surface area contributed by atoms with Gasteiger partial charge in [-0.25, -0.2) is 0 Å². The minimum Gasteiger partial charge on any atom is -0.285 e. The lowest BCUT2D eigenvalue weighted by Crippen LogP contribution is -2.29. The maximum absolute atomic E-state index is 11.8. The highest BCUT2D eigenvalue weighted by molar-refractivity contribution is 6.05. The molecule has 2 amide bonds. The lowest BCUT2D eigenvalue weighted by molar-refractivity contribution is -0.139. The second kappa shape index (κ2) is 2.38. The van der Waals surface area contributed by atoms with Crippen LogP contribution in [0.2, 0.25) is 0 Å². The fraction of sp³-hybridized carbons (Fsp3) is 0.818. The molecule has 3 fully saturated rings. The average molecular weight is 193 g/mol. The van der Waals surface area contributed by atoms with Crippen molar-refractivity contribution in [2.75, 3.05) is 7.05 Å². The molecule has 3 heteroatoms. The van der Waals surface area contributed by atoms with Crippen molar-refractivity contribution < 1.29 is 9.59 Å². The Kier molecular flexibility index (Phi) is 1.44. The van der Waals surface area contributed by atoms with Gasteiger partial charge in [-0.15, -0.1) is 0 Å². The van der Waals surface area contributed by atoms with Crippen molar-refractivity contribution in [3.63, 3.8) is 0 Å². The molecule has 1 aliphatic heterocycles. The van der Waals surface area contributed by atoms with E-state index in [0.29, 0.717) is 17.8 Å². The summed E-state index contributed by atoms with van der Waals surface area (Å²) < 4.78 is 0. The molecule has 2 aliphatic carbocycles. The van der Waals surface area contributed by atoms with Crippen LogP contribution < -0.4 is 0 Å². The highest BCUT2D eigenvalue weighted by atomic mass is 16.2. The van der Waals surface area contributed by atoms with Gasteiger partial charge in [-0.05, 0) is 30.6 Å². The molecule has 3 unspecified atom stereocenters. The van der Waals surface area contributed by atoms with Crippen LogP contribution in [0, 0.1) is 29.6 Å². The van der Waals surface area contributed by atoms with Gasteiger partial charge in [0.2, 0.25) is 11.8 Å². The number of carbonyl (C=O) groups excluding carboxylic acids is 2. The van der Waals surface area contributed by atoms with Gasteiger partial charge in [0, 0.05) is 7.05 Å². The van der Waals surface area contributed by atoms with Gasteiger partial charge in [0.15, 0.2) is 0 Å². The Morgan fingerprint density at radius 2 is 1.79 bits per heavy atom. The molecule has 0 aromatic carbocycles. The predicted molar refractivity (Wildman–Crippen MR) is 50.1 cm³/mol. The van der Waals surface area contributed by atoms with E-state index in [-0.39, 0.29) is 23.7 Å². The molecular formula is C11H15NO2. The Bertz CT molecular complexity index is 325. The summed E-state index contributed by atoms with van der Waals surface area (Å²) in [6, 6.07) is 0. The zero-order valence-corrected chi connectivity index (χ0v) is 8.56. The molecular weight excluding hydrogens is 178 g/mol. The minimum absolute atomic E-state index is 0.0428. The maximum atomic E-state index is 11.8. The Morgan fingerprint density at radius 1 is 1.14 bits per heavy atom. The van der Waals surface area contributed by atoms with Crippen LogP contribution in [0.3, 0.4) is 0 Å². The smallest absolute Gasteiger partial charge is 0.233 e. The van der Waals surface area contributed by atoms with Gasteiger partial charge in [0.1, 0.15) is 0 Å². The van der Waals surface area contributed by atoms with Crippen LogP contribution in [-0.2, 0) is 9.59 Å². The number of likely N-dealkylation sites (tertiary alicyclic amines) is 1. The third-order valence-corrected chi connectivity index (χ3v) is 4.57. The highest BCUT2D eigenvalue weighted by Crippen LogP contribution is 2.58. The molecule has 2 bridgehead atoms. The monoisotopic (exact) mass is 193 g/mol. The number of hydrogen-bond acceptors (Lipinski definition) is 2. The van der Waals surface area contributed by atoms with E-state index < -0.39 is 0 Å². The van der Waals surface area contributed by atoms with Crippen LogP contribution in [0.5, 0.6) is 0 Å². The zero-order valence-electron chi connectivity index (χ0n) is 8.56. The van der Waals surface area contributed by atoms with E-state index in [9.17, 15) is 9.59 Å². The first-order valence-corrected chi connectivity index (χ1v) is 5.42. The summed E-state index contributed by atoms with van der Waals surface area (Å²) in [4.78, 5) is 25.0. The van der Waals surface area contributed by atoms with Crippen LogP contribution in [0.1, 0.15) is 19.8 Å². The number of hydrogen-bond donors (Lipinski definition) is 0. The molecule has 0 aromatic rings. The first-order chi connectivity index (χ1) is 6.61. The van der Waals surface area contributed by atoms with Gasteiger partial charge >= 0.3 is 0 Å². The molecule has 1 heterocycles. The molecule has 0 N–H and O–H groups in total. The lowest BCUT2D eigenvalue weighted by atomic mass is 9.76. The van der Waals surface area contributed by atoms with Crippen molar-refractivity contribution in [1.29, 1.82) is 0 Å². The molecule has 3 nitrogen and oxygen atoms in total. The molecule has 3 aliphatic rings. The minimum atomic E-state index is 0.0428. The number of carbonyl (C=O) groups is 2. The Balaban J connectivity index is 2.01. The normalized spacial score (nSPS) is 50.4. The molecule has 76 valence electrons. The number of rotatable bonds is 0. The molecule has 3 rings (SSSR count). The second-order valence-corrected chi connectivity index (χ2v) is 5.16. The van der Waals surface area contributed by atoms with Crippen molar-refractivity contribution in [2.45, 2.75) is 19.8 Å². The molecule has 0 spiro atoms. The molecule has 1 saturated heterocycles. The summed E-state index contributed by atoms with van der Waals surface area (Å²) in [5.41, 5.74) is 0. The van der Waals surface area contributed by atoms with E-state index in [2.05, 4.69) is 6.92 Å². The summed E-state index contributed by atoms with van der Waals surface area (Å²) in [6.45, 7) is 2.22. The number of fused-ring (bicyclic) bond motifs is 5. The fourth-order valence-electron chi connectivity index (χ4n) is 3.93.